The lowest BCUT2D eigenvalue weighted by Crippen LogP contribution is -2.18. The standard InChI is InChI=1S/C15H10BrClN2O2/c16-11-4-5-14(20)19(7-11)8-13-9-21-15(18-13)10-2-1-3-12(17)6-10/h1-7,9H,8H2. The predicted octanol–water partition coefficient (Wildman–Crippen LogP) is 3.97. The van der Waals surface area contributed by atoms with Gasteiger partial charge in [-0.25, -0.2) is 4.98 Å². The highest BCUT2D eigenvalue weighted by molar-refractivity contribution is 9.10. The van der Waals surface area contributed by atoms with E-state index in [0.29, 0.717) is 23.2 Å². The summed E-state index contributed by atoms with van der Waals surface area (Å²) in [4.78, 5) is 16.2. The number of rotatable bonds is 3. The van der Waals surface area contributed by atoms with Gasteiger partial charge in [0.25, 0.3) is 5.56 Å². The first kappa shape index (κ1) is 14.1. The van der Waals surface area contributed by atoms with Gasteiger partial charge in [0, 0.05) is 27.3 Å². The topological polar surface area (TPSA) is 48.0 Å². The summed E-state index contributed by atoms with van der Waals surface area (Å²) < 4.78 is 7.84. The summed E-state index contributed by atoms with van der Waals surface area (Å²) in [5.74, 6) is 0.482. The molecule has 0 saturated carbocycles. The van der Waals surface area contributed by atoms with Crippen LogP contribution in [0, 0.1) is 0 Å². The second-order valence-corrected chi connectivity index (χ2v) is 5.82. The maximum Gasteiger partial charge on any atom is 0.250 e. The Labute approximate surface area is 134 Å². The number of pyridine rings is 1. The van der Waals surface area contributed by atoms with Crippen LogP contribution in [-0.4, -0.2) is 9.55 Å². The summed E-state index contributed by atoms with van der Waals surface area (Å²) >= 11 is 9.29. The van der Waals surface area contributed by atoms with Crippen molar-refractivity contribution in [2.24, 2.45) is 0 Å². The summed E-state index contributed by atoms with van der Waals surface area (Å²) in [6.45, 7) is 0.350. The molecule has 0 fully saturated rings. The molecule has 0 spiro atoms. The van der Waals surface area contributed by atoms with E-state index in [1.807, 2.05) is 12.1 Å². The number of oxazole rings is 1. The molecular formula is C15H10BrClN2O2. The first-order valence-electron chi connectivity index (χ1n) is 6.18. The van der Waals surface area contributed by atoms with Crippen molar-refractivity contribution in [3.63, 3.8) is 0 Å². The van der Waals surface area contributed by atoms with E-state index in [4.69, 9.17) is 16.0 Å². The molecule has 0 unspecified atom stereocenters. The summed E-state index contributed by atoms with van der Waals surface area (Å²) in [5, 5.41) is 0.621. The molecular weight excluding hydrogens is 356 g/mol. The van der Waals surface area contributed by atoms with Gasteiger partial charge >= 0.3 is 0 Å². The molecule has 0 aliphatic heterocycles. The average molecular weight is 366 g/mol. The Hall–Kier alpha value is -1.85. The first-order valence-corrected chi connectivity index (χ1v) is 7.35. The van der Waals surface area contributed by atoms with Crippen molar-refractivity contribution >= 4 is 27.5 Å². The molecule has 1 aromatic carbocycles. The van der Waals surface area contributed by atoms with E-state index in [9.17, 15) is 4.79 Å². The maximum absolute atomic E-state index is 11.8. The molecule has 3 rings (SSSR count). The lowest BCUT2D eigenvalue weighted by Gasteiger charge is -2.02. The van der Waals surface area contributed by atoms with Gasteiger partial charge in [-0.2, -0.15) is 0 Å². The fourth-order valence-electron chi connectivity index (χ4n) is 1.93. The van der Waals surface area contributed by atoms with Crippen molar-refractivity contribution in [3.8, 4) is 11.5 Å². The minimum Gasteiger partial charge on any atom is -0.444 e. The second-order valence-electron chi connectivity index (χ2n) is 4.47. The maximum atomic E-state index is 11.8. The van der Waals surface area contributed by atoms with Crippen LogP contribution in [0.3, 0.4) is 0 Å². The Morgan fingerprint density at radius 3 is 2.95 bits per heavy atom. The van der Waals surface area contributed by atoms with Crippen molar-refractivity contribution in [1.82, 2.24) is 9.55 Å². The highest BCUT2D eigenvalue weighted by atomic mass is 79.9. The van der Waals surface area contributed by atoms with Crippen molar-refractivity contribution in [2.45, 2.75) is 6.54 Å². The van der Waals surface area contributed by atoms with Crippen molar-refractivity contribution in [2.75, 3.05) is 0 Å². The fourth-order valence-corrected chi connectivity index (χ4v) is 2.50. The van der Waals surface area contributed by atoms with Gasteiger partial charge in [0.2, 0.25) is 5.89 Å². The number of halogens is 2. The predicted molar refractivity (Wildman–Crippen MR) is 84.5 cm³/mol. The van der Waals surface area contributed by atoms with E-state index in [-0.39, 0.29) is 5.56 Å². The van der Waals surface area contributed by atoms with Gasteiger partial charge in [-0.05, 0) is 40.2 Å². The minimum absolute atomic E-state index is 0.0921. The normalized spacial score (nSPS) is 10.8. The number of aromatic nitrogens is 2. The zero-order valence-corrected chi connectivity index (χ0v) is 13.1. The Morgan fingerprint density at radius 2 is 2.14 bits per heavy atom. The SMILES string of the molecule is O=c1ccc(Br)cn1Cc1coc(-c2cccc(Cl)c2)n1. The fraction of sp³-hybridized carbons (Fsp3) is 0.0667. The molecule has 0 saturated heterocycles. The van der Waals surface area contributed by atoms with E-state index in [2.05, 4.69) is 20.9 Å². The highest BCUT2D eigenvalue weighted by Gasteiger charge is 2.08. The van der Waals surface area contributed by atoms with Crippen LogP contribution >= 0.6 is 27.5 Å². The van der Waals surface area contributed by atoms with Crippen LogP contribution < -0.4 is 5.56 Å². The number of hydrogen-bond acceptors (Lipinski definition) is 3. The summed E-state index contributed by atoms with van der Waals surface area (Å²) in [7, 11) is 0. The van der Waals surface area contributed by atoms with Gasteiger partial charge in [0.15, 0.2) is 0 Å². The van der Waals surface area contributed by atoms with Crippen LogP contribution in [0.15, 0.2) is 62.5 Å². The largest absolute Gasteiger partial charge is 0.444 e. The summed E-state index contributed by atoms with van der Waals surface area (Å²) in [6.07, 6.45) is 3.26. The van der Waals surface area contributed by atoms with E-state index >= 15 is 0 Å². The van der Waals surface area contributed by atoms with Crippen LogP contribution in [0.1, 0.15) is 5.69 Å². The van der Waals surface area contributed by atoms with Gasteiger partial charge in [0.05, 0.1) is 12.2 Å². The van der Waals surface area contributed by atoms with Gasteiger partial charge in [0.1, 0.15) is 6.26 Å². The number of hydrogen-bond donors (Lipinski definition) is 0. The molecule has 0 radical (unpaired) electrons. The van der Waals surface area contributed by atoms with Crippen molar-refractivity contribution in [1.29, 1.82) is 0 Å². The molecule has 0 amide bonds. The quantitative estimate of drug-likeness (QED) is 0.705. The van der Waals surface area contributed by atoms with Gasteiger partial charge in [-0.3, -0.25) is 4.79 Å². The molecule has 0 aliphatic rings. The third kappa shape index (κ3) is 3.25. The molecule has 0 N–H and O–H groups in total. The Bertz CT molecular complexity index is 841. The zero-order chi connectivity index (χ0) is 14.8. The highest BCUT2D eigenvalue weighted by Crippen LogP contribution is 2.22. The van der Waals surface area contributed by atoms with E-state index in [0.717, 1.165) is 10.0 Å². The molecule has 21 heavy (non-hydrogen) atoms. The Kier molecular flexibility index (Phi) is 3.94. The van der Waals surface area contributed by atoms with Crippen LogP contribution in [0.4, 0.5) is 0 Å². The third-order valence-electron chi connectivity index (χ3n) is 2.90. The molecule has 2 heterocycles. The monoisotopic (exact) mass is 364 g/mol. The molecule has 0 bridgehead atoms. The first-order chi connectivity index (χ1) is 10.1. The second kappa shape index (κ2) is 5.87. The number of nitrogens with zero attached hydrogens (tertiary/aromatic N) is 2. The molecule has 0 atom stereocenters. The third-order valence-corrected chi connectivity index (χ3v) is 3.61. The summed E-state index contributed by atoms with van der Waals surface area (Å²) in [5.41, 5.74) is 1.38. The Balaban J connectivity index is 1.89. The average Bonchev–Trinajstić information content (AvgIpc) is 2.91. The lowest BCUT2D eigenvalue weighted by molar-refractivity contribution is 0.571. The molecule has 0 aliphatic carbocycles. The van der Waals surface area contributed by atoms with Crippen molar-refractivity contribution in [3.05, 3.63) is 74.4 Å². The smallest absolute Gasteiger partial charge is 0.250 e. The van der Waals surface area contributed by atoms with Gasteiger partial charge in [-0.15, -0.1) is 0 Å². The minimum atomic E-state index is -0.0921. The van der Waals surface area contributed by atoms with Crippen LogP contribution in [0.25, 0.3) is 11.5 Å². The molecule has 4 nitrogen and oxygen atoms in total. The molecule has 2 aromatic heterocycles. The molecule has 6 heteroatoms. The van der Waals surface area contributed by atoms with Crippen LogP contribution in [0.5, 0.6) is 0 Å². The lowest BCUT2D eigenvalue weighted by atomic mass is 10.2. The zero-order valence-electron chi connectivity index (χ0n) is 10.8. The van der Waals surface area contributed by atoms with Gasteiger partial charge < -0.3 is 8.98 Å². The van der Waals surface area contributed by atoms with Crippen LogP contribution in [-0.2, 0) is 6.54 Å². The number of benzene rings is 1. The van der Waals surface area contributed by atoms with Gasteiger partial charge in [-0.1, -0.05) is 17.7 Å². The van der Waals surface area contributed by atoms with E-state index < -0.39 is 0 Å². The van der Waals surface area contributed by atoms with Crippen molar-refractivity contribution < 1.29 is 4.42 Å². The van der Waals surface area contributed by atoms with E-state index in [1.54, 1.807) is 35.2 Å². The molecule has 106 valence electrons. The summed E-state index contributed by atoms with van der Waals surface area (Å²) in [6, 6.07) is 10.5. The van der Waals surface area contributed by atoms with E-state index in [1.165, 1.54) is 6.07 Å². The molecule has 3 aromatic rings. The Morgan fingerprint density at radius 1 is 1.29 bits per heavy atom. The van der Waals surface area contributed by atoms with Crippen LogP contribution in [0.2, 0.25) is 5.02 Å².